The molecular weight excluding hydrogens is 144 g/mol. The fourth-order valence-corrected chi connectivity index (χ4v) is 0.421. The van der Waals surface area contributed by atoms with Crippen LogP contribution in [0.5, 0.6) is 0 Å². The molecule has 4 nitrogen and oxygen atoms in total. The Hall–Kier alpha value is -1.46. The second kappa shape index (κ2) is 2.05. The van der Waals surface area contributed by atoms with E-state index in [9.17, 15) is 13.6 Å². The lowest BCUT2D eigenvalue weighted by atomic mass is 10.6. The minimum absolute atomic E-state index is 0.584. The van der Waals surface area contributed by atoms with Crippen molar-refractivity contribution in [2.75, 3.05) is 5.73 Å². The lowest BCUT2D eigenvalue weighted by molar-refractivity contribution is 0.451. The number of nitrogens with one attached hydrogen (secondary N) is 1. The average molecular weight is 147 g/mol. The number of hydrogen-bond donors (Lipinski definition) is 2. The third-order valence-electron chi connectivity index (χ3n) is 0.856. The number of nitrogens with two attached hydrogens (primary N) is 1. The number of nitrogens with zero attached hydrogens (tertiary/aromatic N) is 1. The Kier molecular flexibility index (Phi) is 1.37. The van der Waals surface area contributed by atoms with Gasteiger partial charge in [-0.2, -0.15) is 13.8 Å². The number of aromatic nitrogens is 2. The van der Waals surface area contributed by atoms with E-state index < -0.39 is 23.3 Å². The molecule has 1 aromatic rings. The molecule has 0 bridgehead atoms. The zero-order valence-corrected chi connectivity index (χ0v) is 4.69. The van der Waals surface area contributed by atoms with Crippen molar-refractivity contribution in [3.63, 3.8) is 0 Å². The molecule has 0 unspecified atom stereocenters. The largest absolute Gasteiger partial charge is 0.379 e. The van der Waals surface area contributed by atoms with Crippen LogP contribution in [0, 0.1) is 11.9 Å². The minimum atomic E-state index is -1.41. The van der Waals surface area contributed by atoms with E-state index in [1.165, 1.54) is 4.98 Å². The van der Waals surface area contributed by atoms with Crippen LogP contribution in [0.4, 0.5) is 14.6 Å². The van der Waals surface area contributed by atoms with Gasteiger partial charge in [0.05, 0.1) is 0 Å². The van der Waals surface area contributed by atoms with E-state index in [-0.39, 0.29) is 0 Å². The van der Waals surface area contributed by atoms with Gasteiger partial charge < -0.3 is 5.73 Å². The van der Waals surface area contributed by atoms with Crippen LogP contribution in [0.3, 0.4) is 0 Å². The van der Waals surface area contributed by atoms with E-state index in [1.807, 2.05) is 0 Å². The molecule has 0 aliphatic carbocycles. The van der Waals surface area contributed by atoms with Crippen LogP contribution in [-0.2, 0) is 0 Å². The SMILES string of the molecule is Nc1nc(F)c(F)[nH]c1=O. The summed E-state index contributed by atoms with van der Waals surface area (Å²) in [5.74, 6) is -3.39. The molecule has 0 radical (unpaired) electrons. The number of aromatic amines is 1. The second-order valence-corrected chi connectivity index (χ2v) is 1.56. The van der Waals surface area contributed by atoms with Gasteiger partial charge >= 0.3 is 0 Å². The summed E-state index contributed by atoms with van der Waals surface area (Å²) in [6.45, 7) is 0. The summed E-state index contributed by atoms with van der Waals surface area (Å²) in [6.07, 6.45) is 0. The third-order valence-corrected chi connectivity index (χ3v) is 0.856. The van der Waals surface area contributed by atoms with E-state index in [1.54, 1.807) is 0 Å². The smallest absolute Gasteiger partial charge is 0.292 e. The lowest BCUT2D eigenvalue weighted by Crippen LogP contribution is -2.17. The maximum absolute atomic E-state index is 12.0. The number of hydrogen-bond acceptors (Lipinski definition) is 3. The van der Waals surface area contributed by atoms with E-state index in [2.05, 4.69) is 4.98 Å². The molecule has 1 heterocycles. The Labute approximate surface area is 53.7 Å². The molecule has 0 amide bonds. The first-order valence-corrected chi connectivity index (χ1v) is 2.32. The summed E-state index contributed by atoms with van der Waals surface area (Å²) in [7, 11) is 0. The highest BCUT2D eigenvalue weighted by Crippen LogP contribution is 1.95. The maximum atomic E-state index is 12.0. The average Bonchev–Trinajstić information content (AvgIpc) is 1.84. The molecule has 0 saturated carbocycles. The van der Waals surface area contributed by atoms with Gasteiger partial charge in [0.25, 0.3) is 11.5 Å². The first kappa shape index (κ1) is 6.66. The van der Waals surface area contributed by atoms with E-state index >= 15 is 0 Å². The van der Waals surface area contributed by atoms with Crippen molar-refractivity contribution in [2.24, 2.45) is 0 Å². The van der Waals surface area contributed by atoms with Crippen molar-refractivity contribution in [1.82, 2.24) is 9.97 Å². The van der Waals surface area contributed by atoms with Crippen molar-refractivity contribution in [2.45, 2.75) is 0 Å². The van der Waals surface area contributed by atoms with Crippen molar-refractivity contribution < 1.29 is 8.78 Å². The normalized spacial score (nSPS) is 9.80. The number of rotatable bonds is 0. The third kappa shape index (κ3) is 0.949. The Morgan fingerprint density at radius 1 is 1.50 bits per heavy atom. The molecule has 0 aromatic carbocycles. The Morgan fingerprint density at radius 2 is 2.10 bits per heavy atom. The van der Waals surface area contributed by atoms with Gasteiger partial charge in [-0.1, -0.05) is 0 Å². The van der Waals surface area contributed by atoms with Gasteiger partial charge in [0.15, 0.2) is 5.82 Å². The predicted molar refractivity (Wildman–Crippen MR) is 29.2 cm³/mol. The molecule has 0 atom stereocenters. The maximum Gasteiger partial charge on any atom is 0.292 e. The van der Waals surface area contributed by atoms with Crippen LogP contribution in [0.2, 0.25) is 0 Å². The van der Waals surface area contributed by atoms with Crippen molar-refractivity contribution in [1.29, 1.82) is 0 Å². The summed E-state index contributed by atoms with van der Waals surface area (Å²) in [5, 5.41) is 0. The molecule has 0 spiro atoms. The fourth-order valence-electron chi connectivity index (χ4n) is 0.421. The van der Waals surface area contributed by atoms with Crippen molar-refractivity contribution in [3.05, 3.63) is 22.2 Å². The molecule has 10 heavy (non-hydrogen) atoms. The van der Waals surface area contributed by atoms with E-state index in [4.69, 9.17) is 5.73 Å². The van der Waals surface area contributed by atoms with Gasteiger partial charge in [0.2, 0.25) is 5.95 Å². The summed E-state index contributed by atoms with van der Waals surface area (Å²) >= 11 is 0. The van der Waals surface area contributed by atoms with Gasteiger partial charge in [-0.15, -0.1) is 0 Å². The zero-order chi connectivity index (χ0) is 7.72. The topological polar surface area (TPSA) is 71.8 Å². The molecule has 1 rings (SSSR count). The van der Waals surface area contributed by atoms with Crippen LogP contribution >= 0.6 is 0 Å². The van der Waals surface area contributed by atoms with Crippen molar-refractivity contribution in [3.8, 4) is 0 Å². The van der Waals surface area contributed by atoms with Crippen LogP contribution in [0.15, 0.2) is 4.79 Å². The Bertz CT molecular complexity index is 308. The molecule has 0 aliphatic heterocycles. The molecule has 3 N–H and O–H groups in total. The van der Waals surface area contributed by atoms with Gasteiger partial charge in [-0.25, -0.2) is 0 Å². The summed E-state index contributed by atoms with van der Waals surface area (Å²) in [6, 6.07) is 0. The van der Waals surface area contributed by atoms with Gasteiger partial charge in [-0.05, 0) is 0 Å². The molecule has 54 valence electrons. The van der Waals surface area contributed by atoms with Crippen molar-refractivity contribution >= 4 is 5.82 Å². The minimum Gasteiger partial charge on any atom is -0.379 e. The quantitative estimate of drug-likeness (QED) is 0.525. The predicted octanol–water partition coefficient (Wildman–Crippen LogP) is -0.370. The molecular formula is C4H3F2N3O. The first-order valence-electron chi connectivity index (χ1n) is 2.32. The van der Waals surface area contributed by atoms with Crippen LogP contribution in [-0.4, -0.2) is 9.97 Å². The summed E-state index contributed by atoms with van der Waals surface area (Å²) in [5.41, 5.74) is 3.90. The van der Waals surface area contributed by atoms with Gasteiger partial charge in [0.1, 0.15) is 0 Å². The number of H-pyrrole nitrogens is 1. The van der Waals surface area contributed by atoms with Crippen LogP contribution in [0.25, 0.3) is 0 Å². The molecule has 1 aromatic heterocycles. The fraction of sp³-hybridized carbons (Fsp3) is 0. The highest BCUT2D eigenvalue weighted by atomic mass is 19.2. The van der Waals surface area contributed by atoms with E-state index in [0.717, 1.165) is 0 Å². The monoisotopic (exact) mass is 147 g/mol. The Balaban J connectivity index is 3.43. The van der Waals surface area contributed by atoms with Crippen LogP contribution in [0.1, 0.15) is 0 Å². The van der Waals surface area contributed by atoms with Crippen LogP contribution < -0.4 is 11.3 Å². The molecule has 6 heteroatoms. The highest BCUT2D eigenvalue weighted by molar-refractivity contribution is 5.21. The zero-order valence-electron chi connectivity index (χ0n) is 4.69. The second-order valence-electron chi connectivity index (χ2n) is 1.56. The number of halogens is 2. The highest BCUT2D eigenvalue weighted by Gasteiger charge is 2.05. The number of nitrogen functional groups attached to an aromatic ring is 1. The van der Waals surface area contributed by atoms with Gasteiger partial charge in [0, 0.05) is 0 Å². The molecule has 0 aliphatic rings. The van der Waals surface area contributed by atoms with E-state index in [0.29, 0.717) is 0 Å². The number of anilines is 1. The summed E-state index contributed by atoms with van der Waals surface area (Å²) < 4.78 is 24.0. The standard InChI is InChI=1S/C4H3F2N3O/c5-1-2(6)9-4(10)3(7)8-1/h(H2,7,8)(H,9,10). The molecule has 0 fully saturated rings. The van der Waals surface area contributed by atoms with Gasteiger partial charge in [-0.3, -0.25) is 9.78 Å². The molecule has 0 saturated heterocycles. The lowest BCUT2D eigenvalue weighted by Gasteiger charge is -1.91. The summed E-state index contributed by atoms with van der Waals surface area (Å²) in [4.78, 5) is 14.6. The first-order chi connectivity index (χ1) is 4.61. The Morgan fingerprint density at radius 3 is 2.60 bits per heavy atom.